The minimum Gasteiger partial charge on any atom is -0.352 e. The topological polar surface area (TPSA) is 55.1 Å². The fraction of sp³-hybridized carbons (Fsp3) is 0.308. The summed E-state index contributed by atoms with van der Waals surface area (Å²) >= 11 is 3.18. The molecule has 2 atom stereocenters. The van der Waals surface area contributed by atoms with Crippen molar-refractivity contribution in [1.29, 1.82) is 0 Å². The number of hydrogen-bond acceptors (Lipinski definition) is 4. The second-order valence-electron chi connectivity index (χ2n) is 4.24. The second-order valence-corrected chi connectivity index (χ2v) is 6.00. The molecular weight excluding hydrogens is 264 g/mol. The third-order valence-electron chi connectivity index (χ3n) is 2.64. The maximum atomic E-state index is 12.0. The first kappa shape index (κ1) is 13.3. The molecule has 0 spiro atoms. The number of carbonyl (C=O) groups is 1. The number of amides is 1. The van der Waals surface area contributed by atoms with Gasteiger partial charge in [-0.05, 0) is 47.2 Å². The van der Waals surface area contributed by atoms with Crippen LogP contribution in [-0.2, 0) is 11.2 Å². The van der Waals surface area contributed by atoms with Crippen molar-refractivity contribution in [2.45, 2.75) is 25.4 Å². The Balaban J connectivity index is 1.87. The predicted octanol–water partition coefficient (Wildman–Crippen LogP) is 2.56. The Morgan fingerprint density at radius 2 is 2.28 bits per heavy atom. The lowest BCUT2D eigenvalue weighted by Gasteiger charge is -2.16. The summed E-state index contributed by atoms with van der Waals surface area (Å²) in [5.41, 5.74) is 7.15. The van der Waals surface area contributed by atoms with Crippen molar-refractivity contribution < 1.29 is 4.79 Å². The molecule has 2 unspecified atom stereocenters. The van der Waals surface area contributed by atoms with Crippen LogP contribution in [0.2, 0.25) is 0 Å². The highest BCUT2D eigenvalue weighted by Gasteiger charge is 2.18. The quantitative estimate of drug-likeness (QED) is 0.884. The minimum atomic E-state index is -0.560. The fourth-order valence-corrected chi connectivity index (χ4v) is 3.15. The molecule has 0 radical (unpaired) electrons. The Bertz CT molecular complexity index is 479. The Morgan fingerprint density at radius 1 is 1.44 bits per heavy atom. The highest BCUT2D eigenvalue weighted by molar-refractivity contribution is 7.10. The standard InChI is InChI=1S/C13H16N2OS2/c1-9(7-10-4-6-17-8-10)15-13(16)12(14)11-3-2-5-18-11/h2-6,8-9,12H,7,14H2,1H3,(H,15,16). The molecule has 0 saturated heterocycles. The van der Waals surface area contributed by atoms with Crippen LogP contribution < -0.4 is 11.1 Å². The molecule has 0 aromatic carbocycles. The molecule has 2 rings (SSSR count). The van der Waals surface area contributed by atoms with Crippen molar-refractivity contribution in [3.05, 3.63) is 44.8 Å². The normalized spacial score (nSPS) is 14.1. The number of rotatable bonds is 5. The third kappa shape index (κ3) is 3.41. The van der Waals surface area contributed by atoms with Crippen LogP contribution >= 0.6 is 22.7 Å². The molecule has 5 heteroatoms. The monoisotopic (exact) mass is 280 g/mol. The zero-order chi connectivity index (χ0) is 13.0. The number of carbonyl (C=O) groups excluding carboxylic acids is 1. The molecule has 1 amide bonds. The molecule has 2 heterocycles. The number of nitrogens with two attached hydrogens (primary N) is 1. The highest BCUT2D eigenvalue weighted by Crippen LogP contribution is 2.17. The van der Waals surface area contributed by atoms with Gasteiger partial charge in [-0.2, -0.15) is 11.3 Å². The number of thiophene rings is 2. The lowest BCUT2D eigenvalue weighted by Crippen LogP contribution is -2.40. The van der Waals surface area contributed by atoms with E-state index in [1.807, 2.05) is 29.8 Å². The van der Waals surface area contributed by atoms with Gasteiger partial charge in [0, 0.05) is 10.9 Å². The maximum Gasteiger partial charge on any atom is 0.242 e. The average Bonchev–Trinajstić information content (AvgIpc) is 2.99. The summed E-state index contributed by atoms with van der Waals surface area (Å²) in [6.07, 6.45) is 0.840. The average molecular weight is 280 g/mol. The Kier molecular flexibility index (Phi) is 4.52. The number of hydrogen-bond donors (Lipinski definition) is 2. The molecule has 3 nitrogen and oxygen atoms in total. The van der Waals surface area contributed by atoms with Gasteiger partial charge in [-0.3, -0.25) is 4.79 Å². The van der Waals surface area contributed by atoms with Crippen LogP contribution in [0.5, 0.6) is 0 Å². The summed E-state index contributed by atoms with van der Waals surface area (Å²) in [6.45, 7) is 2.00. The van der Waals surface area contributed by atoms with Gasteiger partial charge >= 0.3 is 0 Å². The Morgan fingerprint density at radius 3 is 2.89 bits per heavy atom. The molecule has 18 heavy (non-hydrogen) atoms. The zero-order valence-corrected chi connectivity index (χ0v) is 11.8. The fourth-order valence-electron chi connectivity index (χ4n) is 1.74. The van der Waals surface area contributed by atoms with Crippen LogP contribution in [0.1, 0.15) is 23.4 Å². The van der Waals surface area contributed by atoms with Crippen molar-refractivity contribution >= 4 is 28.6 Å². The van der Waals surface area contributed by atoms with Crippen LogP contribution in [-0.4, -0.2) is 11.9 Å². The third-order valence-corrected chi connectivity index (χ3v) is 4.33. The molecule has 0 fully saturated rings. The van der Waals surface area contributed by atoms with Gasteiger partial charge in [-0.1, -0.05) is 6.07 Å². The van der Waals surface area contributed by atoms with Crippen molar-refractivity contribution in [1.82, 2.24) is 5.32 Å². The molecule has 96 valence electrons. The van der Waals surface area contributed by atoms with E-state index in [4.69, 9.17) is 5.73 Å². The summed E-state index contributed by atoms with van der Waals surface area (Å²) in [5, 5.41) is 9.02. The van der Waals surface area contributed by atoms with E-state index in [1.54, 1.807) is 11.3 Å². The maximum absolute atomic E-state index is 12.0. The SMILES string of the molecule is CC(Cc1ccsc1)NC(=O)C(N)c1cccs1. The summed E-state index contributed by atoms with van der Waals surface area (Å²) in [7, 11) is 0. The molecule has 0 saturated carbocycles. The van der Waals surface area contributed by atoms with Gasteiger partial charge in [-0.15, -0.1) is 11.3 Å². The molecular formula is C13H16N2OS2. The Hall–Kier alpha value is -1.17. The minimum absolute atomic E-state index is 0.0955. The van der Waals surface area contributed by atoms with E-state index in [0.717, 1.165) is 11.3 Å². The second kappa shape index (κ2) is 6.13. The van der Waals surface area contributed by atoms with E-state index in [-0.39, 0.29) is 11.9 Å². The first-order valence-electron chi connectivity index (χ1n) is 5.77. The molecule has 0 aliphatic heterocycles. The summed E-state index contributed by atoms with van der Waals surface area (Å²) in [4.78, 5) is 12.9. The summed E-state index contributed by atoms with van der Waals surface area (Å²) in [6, 6.07) is 5.40. The molecule has 0 aliphatic carbocycles. The van der Waals surface area contributed by atoms with E-state index in [2.05, 4.69) is 16.8 Å². The van der Waals surface area contributed by atoms with Crippen LogP contribution in [0.3, 0.4) is 0 Å². The predicted molar refractivity (Wildman–Crippen MR) is 76.9 cm³/mol. The largest absolute Gasteiger partial charge is 0.352 e. The molecule has 0 aliphatic rings. The first-order valence-corrected chi connectivity index (χ1v) is 7.59. The van der Waals surface area contributed by atoms with Gasteiger partial charge < -0.3 is 11.1 Å². The van der Waals surface area contributed by atoms with Gasteiger partial charge in [0.25, 0.3) is 0 Å². The Labute approximate surface area is 115 Å². The zero-order valence-electron chi connectivity index (χ0n) is 10.1. The van der Waals surface area contributed by atoms with Crippen LogP contribution in [0, 0.1) is 0 Å². The van der Waals surface area contributed by atoms with Crippen molar-refractivity contribution in [2.24, 2.45) is 5.73 Å². The van der Waals surface area contributed by atoms with E-state index in [9.17, 15) is 4.79 Å². The molecule has 0 bridgehead atoms. The van der Waals surface area contributed by atoms with Crippen LogP contribution in [0.4, 0.5) is 0 Å². The molecule has 3 N–H and O–H groups in total. The lowest BCUT2D eigenvalue weighted by atomic mass is 10.1. The van der Waals surface area contributed by atoms with E-state index < -0.39 is 6.04 Å². The highest BCUT2D eigenvalue weighted by atomic mass is 32.1. The number of nitrogens with one attached hydrogen (secondary N) is 1. The molecule has 2 aromatic rings. The molecule has 2 aromatic heterocycles. The van der Waals surface area contributed by atoms with E-state index in [1.165, 1.54) is 16.9 Å². The van der Waals surface area contributed by atoms with Crippen LogP contribution in [0.15, 0.2) is 34.3 Å². The smallest absolute Gasteiger partial charge is 0.242 e. The van der Waals surface area contributed by atoms with Gasteiger partial charge in [0.05, 0.1) is 0 Å². The lowest BCUT2D eigenvalue weighted by molar-refractivity contribution is -0.123. The van der Waals surface area contributed by atoms with Crippen LogP contribution in [0.25, 0.3) is 0 Å². The first-order chi connectivity index (χ1) is 8.66. The summed E-state index contributed by atoms with van der Waals surface area (Å²) < 4.78 is 0. The van der Waals surface area contributed by atoms with Gasteiger partial charge in [0.2, 0.25) is 5.91 Å². The van der Waals surface area contributed by atoms with E-state index >= 15 is 0 Å². The van der Waals surface area contributed by atoms with E-state index in [0.29, 0.717) is 0 Å². The van der Waals surface area contributed by atoms with Gasteiger partial charge in [0.1, 0.15) is 6.04 Å². The van der Waals surface area contributed by atoms with Gasteiger partial charge in [-0.25, -0.2) is 0 Å². The van der Waals surface area contributed by atoms with Gasteiger partial charge in [0.15, 0.2) is 0 Å². The van der Waals surface area contributed by atoms with Crippen molar-refractivity contribution in [2.75, 3.05) is 0 Å². The summed E-state index contributed by atoms with van der Waals surface area (Å²) in [5.74, 6) is -0.111. The van der Waals surface area contributed by atoms with Crippen molar-refractivity contribution in [3.8, 4) is 0 Å². The van der Waals surface area contributed by atoms with Crippen molar-refractivity contribution in [3.63, 3.8) is 0 Å².